The summed E-state index contributed by atoms with van der Waals surface area (Å²) in [4.78, 5) is 0. The van der Waals surface area contributed by atoms with Gasteiger partial charge in [-0.25, -0.2) is 0 Å². The highest BCUT2D eigenvalue weighted by molar-refractivity contribution is 5.57. The van der Waals surface area contributed by atoms with Gasteiger partial charge in [-0.2, -0.15) is 0 Å². The van der Waals surface area contributed by atoms with E-state index in [0.717, 1.165) is 0 Å². The summed E-state index contributed by atoms with van der Waals surface area (Å²) in [5, 5.41) is 0. The van der Waals surface area contributed by atoms with E-state index in [2.05, 4.69) is 104 Å². The summed E-state index contributed by atoms with van der Waals surface area (Å²) in [5.41, 5.74) is 7.57. The molecule has 0 heterocycles. The molecule has 0 aromatic rings. The molecule has 0 aromatic heterocycles. The van der Waals surface area contributed by atoms with Crippen molar-refractivity contribution in [2.45, 2.75) is 117 Å². The lowest BCUT2D eigenvalue weighted by Gasteiger charge is -2.40. The minimum absolute atomic E-state index is 0.159. The van der Waals surface area contributed by atoms with Crippen molar-refractivity contribution in [3.63, 3.8) is 0 Å². The zero-order valence-electron chi connectivity index (χ0n) is 24.3. The van der Waals surface area contributed by atoms with Gasteiger partial charge in [0, 0.05) is 12.3 Å². The van der Waals surface area contributed by atoms with Crippen molar-refractivity contribution >= 4 is 0 Å². The van der Waals surface area contributed by atoms with Crippen LogP contribution in [0, 0.1) is 27.6 Å². The maximum atomic E-state index is 2.47. The molecule has 0 aromatic carbocycles. The van der Waals surface area contributed by atoms with Crippen LogP contribution in [0.1, 0.15) is 117 Å². The van der Waals surface area contributed by atoms with Gasteiger partial charge in [0.2, 0.25) is 0 Å². The smallest absolute Gasteiger partial charge is 0.0789 e. The summed E-state index contributed by atoms with van der Waals surface area (Å²) >= 11 is 0. The summed E-state index contributed by atoms with van der Waals surface area (Å²) in [6, 6.07) is 0. The number of quaternary nitrogens is 1. The van der Waals surface area contributed by atoms with E-state index < -0.39 is 0 Å². The lowest BCUT2D eigenvalue weighted by Crippen LogP contribution is -2.48. The Labute approximate surface area is 197 Å². The molecule has 1 aliphatic carbocycles. The first-order chi connectivity index (χ1) is 13.8. The first-order valence-corrected chi connectivity index (χ1v) is 13.1. The molecule has 0 bridgehead atoms. The van der Waals surface area contributed by atoms with E-state index in [1.807, 2.05) is 0 Å². The Morgan fingerprint density at radius 1 is 0.613 bits per heavy atom. The van der Waals surface area contributed by atoms with Crippen LogP contribution < -0.4 is 0 Å². The molecule has 1 nitrogen and oxygen atoms in total. The Morgan fingerprint density at radius 3 is 1.32 bits per heavy atom. The van der Waals surface area contributed by atoms with Gasteiger partial charge in [-0.1, -0.05) is 94.2 Å². The molecule has 0 saturated heterocycles. The lowest BCUT2D eigenvalue weighted by molar-refractivity contribution is -0.923. The fourth-order valence-electron chi connectivity index (χ4n) is 6.18. The minimum atomic E-state index is 0.159. The first-order valence-electron chi connectivity index (χ1n) is 13.1. The molecule has 31 heavy (non-hydrogen) atoms. The van der Waals surface area contributed by atoms with Crippen LogP contribution in [0.2, 0.25) is 0 Å². The van der Waals surface area contributed by atoms with Gasteiger partial charge in [0.15, 0.2) is 0 Å². The van der Waals surface area contributed by atoms with Gasteiger partial charge in [0.25, 0.3) is 0 Å². The summed E-state index contributed by atoms with van der Waals surface area (Å²) < 4.78 is 1.25. The summed E-state index contributed by atoms with van der Waals surface area (Å²) in [5.74, 6) is 0.544. The normalized spacial score (nSPS) is 19.6. The van der Waals surface area contributed by atoms with Gasteiger partial charge >= 0.3 is 0 Å². The molecule has 0 spiro atoms. The third kappa shape index (κ3) is 6.27. The van der Waals surface area contributed by atoms with Crippen molar-refractivity contribution in [1.82, 2.24) is 0 Å². The van der Waals surface area contributed by atoms with Crippen LogP contribution in [0.5, 0.6) is 0 Å². The molecule has 1 heteroatoms. The molecule has 1 aliphatic rings. The molecule has 0 aliphatic heterocycles. The topological polar surface area (TPSA) is 0 Å². The van der Waals surface area contributed by atoms with Gasteiger partial charge < -0.3 is 4.48 Å². The molecule has 1 atom stereocenters. The van der Waals surface area contributed by atoms with Crippen molar-refractivity contribution in [2.75, 3.05) is 26.2 Å². The van der Waals surface area contributed by atoms with E-state index in [4.69, 9.17) is 0 Å². The maximum absolute atomic E-state index is 2.47. The Balaban J connectivity index is 3.70. The zero-order valence-corrected chi connectivity index (χ0v) is 24.3. The van der Waals surface area contributed by atoms with Crippen LogP contribution in [0.25, 0.3) is 0 Å². The fraction of sp³-hybridized carbons (Fsp3) is 0.867. The van der Waals surface area contributed by atoms with Crippen LogP contribution >= 0.6 is 0 Å². The Hall–Kier alpha value is -0.560. The highest BCUT2D eigenvalue weighted by Crippen LogP contribution is 2.60. The minimum Gasteiger partial charge on any atom is -0.324 e. The molecule has 0 radical (unpaired) electrons. The molecule has 0 fully saturated rings. The van der Waals surface area contributed by atoms with E-state index in [0.29, 0.717) is 5.92 Å². The van der Waals surface area contributed by atoms with Crippen molar-refractivity contribution in [3.05, 3.63) is 22.3 Å². The zero-order chi connectivity index (χ0) is 24.6. The van der Waals surface area contributed by atoms with Crippen LogP contribution in [0.3, 0.4) is 0 Å². The average Bonchev–Trinajstić information content (AvgIpc) is 2.95. The highest BCUT2D eigenvalue weighted by atomic mass is 15.3. The van der Waals surface area contributed by atoms with Gasteiger partial charge in [-0.3, -0.25) is 0 Å². The third-order valence-corrected chi connectivity index (χ3v) is 7.74. The fourth-order valence-corrected chi connectivity index (χ4v) is 6.18. The second kappa shape index (κ2) is 9.36. The van der Waals surface area contributed by atoms with E-state index in [9.17, 15) is 0 Å². The number of nitrogens with zero attached hydrogens (tertiary/aromatic N) is 1. The highest BCUT2D eigenvalue weighted by Gasteiger charge is 2.48. The first kappa shape index (κ1) is 28.5. The molecule has 1 rings (SSSR count). The number of rotatable bonds is 7. The number of hydrogen-bond donors (Lipinski definition) is 0. The lowest BCUT2D eigenvalue weighted by atomic mass is 9.65. The molecule has 0 amide bonds. The summed E-state index contributed by atoms with van der Waals surface area (Å²) in [6.45, 7) is 41.6. The SMILES string of the molecule is CC[N+](CC)(CC)CCCC1=C(C(C)(C)C)C(C(C)(C)C)=C(C(C)(C)C)C1C(C)(C)C. The van der Waals surface area contributed by atoms with Crippen molar-refractivity contribution in [3.8, 4) is 0 Å². The standard InChI is InChI=1S/C30H58N/c1-16-31(17-2,18-3)21-19-20-22-23(27(4,5)6)25(29(10,11)12)26(30(13,14)15)24(22)28(7,8)9/h23H,16-21H2,1-15H3/q+1. The van der Waals surface area contributed by atoms with E-state index in [1.165, 1.54) is 43.5 Å². The van der Waals surface area contributed by atoms with Crippen LogP contribution in [0.15, 0.2) is 22.3 Å². The van der Waals surface area contributed by atoms with Crippen LogP contribution in [-0.2, 0) is 0 Å². The Bertz CT molecular complexity index is 662. The van der Waals surface area contributed by atoms with Crippen LogP contribution in [0.4, 0.5) is 0 Å². The quantitative estimate of drug-likeness (QED) is 0.352. The van der Waals surface area contributed by atoms with Gasteiger partial charge in [-0.15, -0.1) is 0 Å². The van der Waals surface area contributed by atoms with Crippen molar-refractivity contribution in [2.24, 2.45) is 27.6 Å². The molecule has 0 N–H and O–H groups in total. The molecular formula is C30H58N+. The average molecular weight is 433 g/mol. The van der Waals surface area contributed by atoms with E-state index in [-0.39, 0.29) is 21.7 Å². The second-order valence-corrected chi connectivity index (χ2v) is 14.4. The number of hydrogen-bond acceptors (Lipinski definition) is 0. The van der Waals surface area contributed by atoms with Gasteiger partial charge in [0.1, 0.15) is 0 Å². The third-order valence-electron chi connectivity index (χ3n) is 7.74. The number of allylic oxidation sites excluding steroid dienone is 4. The predicted octanol–water partition coefficient (Wildman–Crippen LogP) is 9.05. The predicted molar refractivity (Wildman–Crippen MR) is 141 cm³/mol. The van der Waals surface area contributed by atoms with Gasteiger partial charge in [-0.05, 0) is 60.0 Å². The maximum Gasteiger partial charge on any atom is 0.0789 e. The molecular weight excluding hydrogens is 374 g/mol. The second-order valence-electron chi connectivity index (χ2n) is 14.4. The molecule has 182 valence electrons. The summed E-state index contributed by atoms with van der Waals surface area (Å²) in [7, 11) is 0. The van der Waals surface area contributed by atoms with Gasteiger partial charge in [0.05, 0.1) is 26.2 Å². The van der Waals surface area contributed by atoms with E-state index >= 15 is 0 Å². The summed E-state index contributed by atoms with van der Waals surface area (Å²) in [6.07, 6.45) is 2.54. The van der Waals surface area contributed by atoms with Crippen LogP contribution in [-0.4, -0.2) is 30.7 Å². The van der Waals surface area contributed by atoms with Crippen molar-refractivity contribution < 1.29 is 4.48 Å². The van der Waals surface area contributed by atoms with E-state index in [1.54, 1.807) is 22.3 Å². The van der Waals surface area contributed by atoms with Crippen molar-refractivity contribution in [1.29, 1.82) is 0 Å². The molecule has 1 unspecified atom stereocenters. The Kier molecular flexibility index (Phi) is 8.60. The largest absolute Gasteiger partial charge is 0.324 e. The monoisotopic (exact) mass is 432 g/mol. The molecule has 0 saturated carbocycles. The Morgan fingerprint density at radius 2 is 1.03 bits per heavy atom.